The van der Waals surface area contributed by atoms with Gasteiger partial charge in [-0.2, -0.15) is 18.3 Å². The van der Waals surface area contributed by atoms with Gasteiger partial charge >= 0.3 is 6.18 Å². The first kappa shape index (κ1) is 15.9. The molecule has 4 rings (SSSR count). The molecule has 9 heteroatoms. The molecule has 0 saturated carbocycles. The zero-order valence-electron chi connectivity index (χ0n) is 13.0. The zero-order chi connectivity index (χ0) is 17.6. The van der Waals surface area contributed by atoms with Crippen molar-refractivity contribution in [3.63, 3.8) is 0 Å². The predicted molar refractivity (Wildman–Crippen MR) is 85.9 cm³/mol. The number of thiophene rings is 1. The number of hydrogen-bond acceptors (Lipinski definition) is 5. The van der Waals surface area contributed by atoms with Crippen LogP contribution in [0.1, 0.15) is 10.6 Å². The average Bonchev–Trinajstić information content (AvgIpc) is 3.21. The van der Waals surface area contributed by atoms with Gasteiger partial charge in [-0.15, -0.1) is 11.3 Å². The van der Waals surface area contributed by atoms with Crippen molar-refractivity contribution in [1.29, 1.82) is 0 Å². The van der Waals surface area contributed by atoms with Crippen LogP contribution in [-0.4, -0.2) is 28.4 Å². The number of hydrogen-bond donors (Lipinski definition) is 1. The second-order valence-electron chi connectivity index (χ2n) is 5.44. The SMILES string of the molecule is Cc1sc(-c2ccnc(-c3cc(C(F)(F)F)[nH]n3)c2)c2c1OCCO2. The highest BCUT2D eigenvalue weighted by Crippen LogP contribution is 2.49. The lowest BCUT2D eigenvalue weighted by molar-refractivity contribution is -0.141. The van der Waals surface area contributed by atoms with E-state index in [2.05, 4.69) is 10.1 Å². The summed E-state index contributed by atoms with van der Waals surface area (Å²) >= 11 is 1.51. The molecule has 0 unspecified atom stereocenters. The van der Waals surface area contributed by atoms with E-state index in [9.17, 15) is 13.2 Å². The van der Waals surface area contributed by atoms with E-state index in [0.29, 0.717) is 24.7 Å². The van der Waals surface area contributed by atoms with E-state index in [0.717, 1.165) is 27.1 Å². The number of alkyl halides is 3. The fourth-order valence-electron chi connectivity index (χ4n) is 2.59. The van der Waals surface area contributed by atoms with Gasteiger partial charge in [0.05, 0.1) is 10.6 Å². The Bertz CT molecular complexity index is 933. The van der Waals surface area contributed by atoms with Crippen molar-refractivity contribution in [2.75, 3.05) is 13.2 Å². The second-order valence-corrected chi connectivity index (χ2v) is 6.66. The summed E-state index contributed by atoms with van der Waals surface area (Å²) in [5, 5.41) is 5.72. The highest BCUT2D eigenvalue weighted by Gasteiger charge is 2.33. The lowest BCUT2D eigenvalue weighted by atomic mass is 10.1. The first-order valence-electron chi connectivity index (χ1n) is 7.42. The van der Waals surface area contributed by atoms with E-state index in [4.69, 9.17) is 9.47 Å². The van der Waals surface area contributed by atoms with Crippen LogP contribution in [0.2, 0.25) is 0 Å². The highest BCUT2D eigenvalue weighted by atomic mass is 32.1. The minimum Gasteiger partial charge on any atom is -0.485 e. The van der Waals surface area contributed by atoms with Gasteiger partial charge in [0.2, 0.25) is 0 Å². The normalized spacial score (nSPS) is 13.9. The molecule has 0 fully saturated rings. The Balaban J connectivity index is 1.75. The van der Waals surface area contributed by atoms with Gasteiger partial charge in [-0.05, 0) is 30.7 Å². The van der Waals surface area contributed by atoms with Gasteiger partial charge in [0.25, 0.3) is 0 Å². The number of H-pyrrole nitrogens is 1. The summed E-state index contributed by atoms with van der Waals surface area (Å²) in [6.07, 6.45) is -2.93. The monoisotopic (exact) mass is 367 g/mol. The van der Waals surface area contributed by atoms with Crippen molar-refractivity contribution in [3.05, 3.63) is 35.0 Å². The molecule has 0 bridgehead atoms. The van der Waals surface area contributed by atoms with E-state index in [1.165, 1.54) is 17.5 Å². The molecule has 0 aliphatic carbocycles. The maximum Gasteiger partial charge on any atom is 0.432 e. The van der Waals surface area contributed by atoms with E-state index in [1.807, 2.05) is 12.0 Å². The molecule has 4 heterocycles. The fraction of sp³-hybridized carbons (Fsp3) is 0.250. The summed E-state index contributed by atoms with van der Waals surface area (Å²) < 4.78 is 49.6. The quantitative estimate of drug-likeness (QED) is 0.734. The first-order chi connectivity index (χ1) is 11.9. The van der Waals surface area contributed by atoms with Crippen LogP contribution in [0.4, 0.5) is 13.2 Å². The number of aromatic nitrogens is 3. The molecule has 1 aliphatic rings. The maximum atomic E-state index is 12.7. The smallest absolute Gasteiger partial charge is 0.432 e. The number of rotatable bonds is 2. The number of ether oxygens (including phenoxy) is 2. The summed E-state index contributed by atoms with van der Waals surface area (Å²) in [7, 11) is 0. The Kier molecular flexibility index (Phi) is 3.68. The van der Waals surface area contributed by atoms with Crippen LogP contribution in [-0.2, 0) is 6.18 Å². The molecule has 130 valence electrons. The Morgan fingerprint density at radius 3 is 2.60 bits per heavy atom. The van der Waals surface area contributed by atoms with Crippen LogP contribution in [0.25, 0.3) is 21.8 Å². The third kappa shape index (κ3) is 2.84. The largest absolute Gasteiger partial charge is 0.485 e. The third-order valence-electron chi connectivity index (χ3n) is 3.73. The average molecular weight is 367 g/mol. The molecule has 5 nitrogen and oxygen atoms in total. The Labute approximate surface area is 144 Å². The van der Waals surface area contributed by atoms with Gasteiger partial charge in [-0.25, -0.2) is 0 Å². The summed E-state index contributed by atoms with van der Waals surface area (Å²) in [6, 6.07) is 4.42. The molecule has 25 heavy (non-hydrogen) atoms. The van der Waals surface area contributed by atoms with Crippen molar-refractivity contribution < 1.29 is 22.6 Å². The van der Waals surface area contributed by atoms with Crippen LogP contribution in [0.15, 0.2) is 24.4 Å². The van der Waals surface area contributed by atoms with Gasteiger partial charge in [0.15, 0.2) is 11.5 Å². The molecule has 1 aliphatic heterocycles. The Morgan fingerprint density at radius 2 is 1.88 bits per heavy atom. The number of fused-ring (bicyclic) bond motifs is 1. The van der Waals surface area contributed by atoms with Crippen LogP contribution in [0.3, 0.4) is 0 Å². The van der Waals surface area contributed by atoms with Gasteiger partial charge in [-0.1, -0.05) is 0 Å². The number of aryl methyl sites for hydroxylation is 1. The van der Waals surface area contributed by atoms with Crippen LogP contribution in [0.5, 0.6) is 11.5 Å². The standard InChI is InChI=1S/C16H12F3N3O2S/c1-8-13-14(24-5-4-23-13)15(25-8)9-2-3-20-10(6-9)11-7-12(22-21-11)16(17,18)19/h2-3,6-7H,4-5H2,1H3,(H,21,22). The summed E-state index contributed by atoms with van der Waals surface area (Å²) in [5.74, 6) is 1.40. The van der Waals surface area contributed by atoms with Gasteiger partial charge in [0, 0.05) is 11.1 Å². The van der Waals surface area contributed by atoms with E-state index >= 15 is 0 Å². The molecule has 0 radical (unpaired) electrons. The van der Waals surface area contributed by atoms with Gasteiger partial charge in [0.1, 0.15) is 24.6 Å². The van der Waals surface area contributed by atoms with Gasteiger partial charge in [-0.3, -0.25) is 10.1 Å². The molecular weight excluding hydrogens is 355 g/mol. The fourth-order valence-corrected chi connectivity index (χ4v) is 3.63. The summed E-state index contributed by atoms with van der Waals surface area (Å²) in [6.45, 7) is 2.90. The van der Waals surface area contributed by atoms with Gasteiger partial charge < -0.3 is 9.47 Å². The minimum absolute atomic E-state index is 0.133. The summed E-state index contributed by atoms with van der Waals surface area (Å²) in [5.41, 5.74) is 0.367. The molecule has 3 aromatic rings. The second kappa shape index (κ2) is 5.76. The molecule has 0 atom stereocenters. The number of pyridine rings is 1. The molecular formula is C16H12F3N3O2S. The predicted octanol–water partition coefficient (Wildman–Crippen LogP) is 4.30. The van der Waals surface area contributed by atoms with Crippen molar-refractivity contribution in [1.82, 2.24) is 15.2 Å². The van der Waals surface area contributed by atoms with Crippen molar-refractivity contribution in [2.45, 2.75) is 13.1 Å². The number of aromatic amines is 1. The third-order valence-corrected chi connectivity index (χ3v) is 4.85. The lowest BCUT2D eigenvalue weighted by Crippen LogP contribution is -2.14. The topological polar surface area (TPSA) is 60.0 Å². The van der Waals surface area contributed by atoms with Crippen LogP contribution < -0.4 is 9.47 Å². The Hall–Kier alpha value is -2.55. The van der Waals surface area contributed by atoms with Crippen LogP contribution >= 0.6 is 11.3 Å². The van der Waals surface area contributed by atoms with E-state index in [1.54, 1.807) is 12.1 Å². The summed E-state index contributed by atoms with van der Waals surface area (Å²) in [4.78, 5) is 5.98. The Morgan fingerprint density at radius 1 is 1.12 bits per heavy atom. The van der Waals surface area contributed by atoms with Crippen LogP contribution in [0, 0.1) is 6.92 Å². The molecule has 0 spiro atoms. The van der Waals surface area contributed by atoms with Crippen molar-refractivity contribution in [2.24, 2.45) is 0 Å². The lowest BCUT2D eigenvalue weighted by Gasteiger charge is -2.16. The van der Waals surface area contributed by atoms with Crippen molar-refractivity contribution >= 4 is 11.3 Å². The zero-order valence-corrected chi connectivity index (χ0v) is 13.8. The highest BCUT2D eigenvalue weighted by molar-refractivity contribution is 7.16. The first-order valence-corrected chi connectivity index (χ1v) is 8.23. The molecule has 0 aromatic carbocycles. The number of halogens is 3. The maximum absolute atomic E-state index is 12.7. The van der Waals surface area contributed by atoms with Crippen molar-refractivity contribution in [3.8, 4) is 33.3 Å². The molecule has 3 aromatic heterocycles. The minimum atomic E-state index is -4.47. The molecule has 1 N–H and O–H groups in total. The van der Waals surface area contributed by atoms with E-state index in [-0.39, 0.29) is 5.69 Å². The molecule has 0 amide bonds. The van der Waals surface area contributed by atoms with E-state index < -0.39 is 11.9 Å². The molecule has 0 saturated heterocycles. The number of nitrogens with zero attached hydrogens (tertiary/aromatic N) is 2. The number of nitrogens with one attached hydrogen (secondary N) is 1.